The van der Waals surface area contributed by atoms with Crippen LogP contribution in [0, 0.1) is 5.92 Å². The minimum absolute atomic E-state index is 0.0530. The zero-order valence-corrected chi connectivity index (χ0v) is 10.3. The molecule has 3 nitrogen and oxygen atoms in total. The summed E-state index contributed by atoms with van der Waals surface area (Å²) in [4.78, 5) is 6.98. The molecule has 2 rings (SSSR count). The number of aromatic nitrogens is 1. The fourth-order valence-electron chi connectivity index (χ4n) is 1.99. The maximum absolute atomic E-state index is 5.81. The number of hydrogen-bond acceptors (Lipinski definition) is 4. The molecule has 15 heavy (non-hydrogen) atoms. The summed E-state index contributed by atoms with van der Waals surface area (Å²) in [5.41, 5.74) is 6.83. The van der Waals surface area contributed by atoms with E-state index in [9.17, 15) is 0 Å². The maximum Gasteiger partial charge on any atom is 0.185 e. The van der Waals surface area contributed by atoms with Gasteiger partial charge in [-0.15, -0.1) is 11.3 Å². The largest absolute Gasteiger partial charge is 0.348 e. The molecule has 0 spiro atoms. The average Bonchev–Trinajstić information content (AvgIpc) is 2.66. The lowest BCUT2D eigenvalue weighted by atomic mass is 10.0. The summed E-state index contributed by atoms with van der Waals surface area (Å²) in [6.07, 6.45) is 2.64. The molecule has 0 bridgehead atoms. The monoisotopic (exact) mass is 225 g/mol. The van der Waals surface area contributed by atoms with Crippen molar-refractivity contribution in [2.45, 2.75) is 32.7 Å². The minimum Gasteiger partial charge on any atom is -0.348 e. The van der Waals surface area contributed by atoms with Crippen molar-refractivity contribution in [3.05, 3.63) is 11.1 Å². The molecule has 2 atom stereocenters. The molecule has 84 valence electrons. The highest BCUT2D eigenvalue weighted by atomic mass is 32.1. The third kappa shape index (κ3) is 2.49. The Labute approximate surface area is 95.3 Å². The smallest absolute Gasteiger partial charge is 0.185 e. The Balaban J connectivity index is 2.08. The van der Waals surface area contributed by atoms with Crippen molar-refractivity contribution in [1.82, 2.24) is 4.98 Å². The Hall–Kier alpha value is -0.610. The van der Waals surface area contributed by atoms with Crippen molar-refractivity contribution in [2.75, 3.05) is 18.0 Å². The van der Waals surface area contributed by atoms with Crippen molar-refractivity contribution in [3.63, 3.8) is 0 Å². The highest BCUT2D eigenvalue weighted by Gasteiger charge is 2.19. The van der Waals surface area contributed by atoms with Gasteiger partial charge in [-0.05, 0) is 25.7 Å². The highest BCUT2D eigenvalue weighted by Crippen LogP contribution is 2.27. The quantitative estimate of drug-likeness (QED) is 0.840. The van der Waals surface area contributed by atoms with Gasteiger partial charge in [-0.3, -0.25) is 0 Å². The van der Waals surface area contributed by atoms with Gasteiger partial charge >= 0.3 is 0 Å². The molecular formula is C11H19N3S. The van der Waals surface area contributed by atoms with Crippen LogP contribution >= 0.6 is 11.3 Å². The Bertz CT molecular complexity index is 321. The minimum atomic E-state index is 0.0530. The molecule has 4 heteroatoms. The number of nitrogens with two attached hydrogens (primary N) is 1. The summed E-state index contributed by atoms with van der Waals surface area (Å²) in [7, 11) is 0. The molecule has 1 aromatic heterocycles. The fourth-order valence-corrected chi connectivity index (χ4v) is 2.96. The van der Waals surface area contributed by atoms with Crippen molar-refractivity contribution in [2.24, 2.45) is 11.7 Å². The van der Waals surface area contributed by atoms with Gasteiger partial charge in [0.2, 0.25) is 0 Å². The predicted molar refractivity (Wildman–Crippen MR) is 65.3 cm³/mol. The third-order valence-electron chi connectivity index (χ3n) is 2.90. The Kier molecular flexibility index (Phi) is 3.26. The number of rotatable bonds is 2. The van der Waals surface area contributed by atoms with Crippen LogP contribution < -0.4 is 10.6 Å². The van der Waals surface area contributed by atoms with Gasteiger partial charge in [0.25, 0.3) is 0 Å². The summed E-state index contributed by atoms with van der Waals surface area (Å²) in [6.45, 7) is 6.59. The lowest BCUT2D eigenvalue weighted by Gasteiger charge is -2.30. The molecule has 1 aliphatic rings. The molecule has 0 saturated carbocycles. The third-order valence-corrected chi connectivity index (χ3v) is 3.82. The number of hydrogen-bond donors (Lipinski definition) is 1. The van der Waals surface area contributed by atoms with Crippen LogP contribution in [0.15, 0.2) is 5.38 Å². The van der Waals surface area contributed by atoms with Crippen molar-refractivity contribution >= 4 is 16.5 Å². The molecular weight excluding hydrogens is 206 g/mol. The van der Waals surface area contributed by atoms with Crippen LogP contribution in [0.2, 0.25) is 0 Å². The van der Waals surface area contributed by atoms with Crippen LogP contribution in [-0.2, 0) is 0 Å². The molecule has 2 heterocycles. The van der Waals surface area contributed by atoms with Gasteiger partial charge < -0.3 is 10.6 Å². The SMILES string of the molecule is CC1CCCN(c2nc(C(C)N)cs2)C1. The average molecular weight is 225 g/mol. The normalized spacial score (nSPS) is 24.2. The van der Waals surface area contributed by atoms with Gasteiger partial charge in [0, 0.05) is 24.5 Å². The molecule has 0 amide bonds. The van der Waals surface area contributed by atoms with E-state index in [0.717, 1.165) is 29.8 Å². The van der Waals surface area contributed by atoms with Gasteiger partial charge in [-0.2, -0.15) is 0 Å². The number of nitrogens with zero attached hydrogens (tertiary/aromatic N) is 2. The lowest BCUT2D eigenvalue weighted by Crippen LogP contribution is -2.34. The van der Waals surface area contributed by atoms with Gasteiger partial charge in [-0.25, -0.2) is 4.98 Å². The van der Waals surface area contributed by atoms with Gasteiger partial charge in [0.15, 0.2) is 5.13 Å². The molecule has 1 fully saturated rings. The second-order valence-electron chi connectivity index (χ2n) is 4.54. The van der Waals surface area contributed by atoms with Crippen molar-refractivity contribution < 1.29 is 0 Å². The molecule has 0 radical (unpaired) electrons. The maximum atomic E-state index is 5.81. The van der Waals surface area contributed by atoms with Crippen LogP contribution in [-0.4, -0.2) is 18.1 Å². The standard InChI is InChI=1S/C11H19N3S/c1-8-4-3-5-14(6-8)11-13-10(7-15-11)9(2)12/h7-9H,3-6,12H2,1-2H3. The number of piperidine rings is 1. The first kappa shape index (κ1) is 10.9. The molecule has 0 aliphatic carbocycles. The van der Waals surface area contributed by atoms with Crippen LogP contribution in [0.5, 0.6) is 0 Å². The van der Waals surface area contributed by atoms with E-state index in [1.807, 2.05) is 6.92 Å². The van der Waals surface area contributed by atoms with E-state index < -0.39 is 0 Å². The van der Waals surface area contributed by atoms with E-state index in [4.69, 9.17) is 5.73 Å². The summed E-state index contributed by atoms with van der Waals surface area (Å²) >= 11 is 1.72. The van der Waals surface area contributed by atoms with Crippen molar-refractivity contribution in [3.8, 4) is 0 Å². The molecule has 0 aromatic carbocycles. The van der Waals surface area contributed by atoms with E-state index in [0.29, 0.717) is 0 Å². The fraction of sp³-hybridized carbons (Fsp3) is 0.727. The van der Waals surface area contributed by atoms with E-state index in [1.54, 1.807) is 11.3 Å². The van der Waals surface area contributed by atoms with E-state index in [-0.39, 0.29) is 6.04 Å². The molecule has 1 aromatic rings. The summed E-state index contributed by atoms with van der Waals surface area (Å²) in [5, 5.41) is 3.23. The second-order valence-corrected chi connectivity index (χ2v) is 5.37. The van der Waals surface area contributed by atoms with Gasteiger partial charge in [0.1, 0.15) is 0 Å². The van der Waals surface area contributed by atoms with Gasteiger partial charge in [-0.1, -0.05) is 6.92 Å². The van der Waals surface area contributed by atoms with E-state index in [1.165, 1.54) is 12.8 Å². The molecule has 2 unspecified atom stereocenters. The highest BCUT2D eigenvalue weighted by molar-refractivity contribution is 7.13. The summed E-state index contributed by atoms with van der Waals surface area (Å²) in [6, 6.07) is 0.0530. The first-order chi connectivity index (χ1) is 7.16. The Morgan fingerprint density at radius 3 is 3.07 bits per heavy atom. The topological polar surface area (TPSA) is 42.2 Å². The molecule has 1 saturated heterocycles. The van der Waals surface area contributed by atoms with Crippen LogP contribution in [0.4, 0.5) is 5.13 Å². The second kappa shape index (κ2) is 4.49. The zero-order chi connectivity index (χ0) is 10.8. The summed E-state index contributed by atoms with van der Waals surface area (Å²) in [5.74, 6) is 0.793. The van der Waals surface area contributed by atoms with E-state index in [2.05, 4.69) is 22.2 Å². The van der Waals surface area contributed by atoms with E-state index >= 15 is 0 Å². The number of anilines is 1. The Morgan fingerprint density at radius 2 is 2.47 bits per heavy atom. The Morgan fingerprint density at radius 1 is 1.67 bits per heavy atom. The summed E-state index contributed by atoms with van der Waals surface area (Å²) < 4.78 is 0. The first-order valence-electron chi connectivity index (χ1n) is 5.62. The first-order valence-corrected chi connectivity index (χ1v) is 6.50. The van der Waals surface area contributed by atoms with Crippen LogP contribution in [0.3, 0.4) is 0 Å². The molecule has 2 N–H and O–H groups in total. The van der Waals surface area contributed by atoms with Gasteiger partial charge in [0.05, 0.1) is 5.69 Å². The lowest BCUT2D eigenvalue weighted by molar-refractivity contribution is 0.446. The van der Waals surface area contributed by atoms with Crippen LogP contribution in [0.1, 0.15) is 38.4 Å². The zero-order valence-electron chi connectivity index (χ0n) is 9.44. The molecule has 1 aliphatic heterocycles. The van der Waals surface area contributed by atoms with Crippen molar-refractivity contribution in [1.29, 1.82) is 0 Å². The van der Waals surface area contributed by atoms with Crippen LogP contribution in [0.25, 0.3) is 0 Å². The predicted octanol–water partition coefficient (Wildman–Crippen LogP) is 2.40. The number of thiazole rings is 1.